The SMILES string of the molecule is COC(CNC(=O)[C@]1(Cc2ccc(Br)cc2)N=C(c2ccc(OCCCO)cc2)O[C@@H]1c1ccc(-c2ccccc2)cc1)OC. The van der Waals surface area contributed by atoms with Crippen LogP contribution in [0.4, 0.5) is 0 Å². The Morgan fingerprint density at radius 2 is 1.56 bits per heavy atom. The van der Waals surface area contributed by atoms with Crippen molar-refractivity contribution >= 4 is 27.7 Å². The topological polar surface area (TPSA) is 98.6 Å². The van der Waals surface area contributed by atoms with Crippen LogP contribution in [0.25, 0.3) is 11.1 Å². The molecule has 4 aromatic rings. The summed E-state index contributed by atoms with van der Waals surface area (Å²) in [5.74, 6) is 0.722. The molecule has 1 aliphatic rings. The predicted molar refractivity (Wildman–Crippen MR) is 177 cm³/mol. The van der Waals surface area contributed by atoms with Crippen molar-refractivity contribution < 1.29 is 28.8 Å². The first-order valence-corrected chi connectivity index (χ1v) is 15.6. The predicted octanol–water partition coefficient (Wildman–Crippen LogP) is 6.11. The van der Waals surface area contributed by atoms with Gasteiger partial charge >= 0.3 is 0 Å². The molecule has 4 aromatic carbocycles. The summed E-state index contributed by atoms with van der Waals surface area (Å²) < 4.78 is 24.0. The van der Waals surface area contributed by atoms with Gasteiger partial charge in [0, 0.05) is 43.7 Å². The second-order valence-corrected chi connectivity index (χ2v) is 11.6. The Morgan fingerprint density at radius 1 is 0.911 bits per heavy atom. The largest absolute Gasteiger partial charge is 0.494 e. The van der Waals surface area contributed by atoms with Gasteiger partial charge < -0.3 is 29.4 Å². The Labute approximate surface area is 272 Å². The number of aliphatic hydroxyl groups excluding tert-OH is 1. The minimum absolute atomic E-state index is 0.0640. The van der Waals surface area contributed by atoms with E-state index < -0.39 is 17.9 Å². The Morgan fingerprint density at radius 3 is 2.20 bits per heavy atom. The number of hydrogen-bond acceptors (Lipinski definition) is 7. The zero-order chi connectivity index (χ0) is 31.6. The fourth-order valence-electron chi connectivity index (χ4n) is 5.27. The maximum atomic E-state index is 14.4. The molecule has 2 N–H and O–H groups in total. The standard InChI is InChI=1S/C36H37BrN2O6/c1-42-32(43-2)24-38-35(41)36(23-25-9-17-30(37)18-10-25)33(28-13-11-27(12-14-28)26-7-4-3-5-8-26)45-34(39-36)29-15-19-31(20-16-29)44-22-6-21-40/h3-5,7-20,32-33,40H,6,21-24H2,1-2H3,(H,38,41)/t33-,36-/m1/s1. The molecule has 0 saturated carbocycles. The summed E-state index contributed by atoms with van der Waals surface area (Å²) in [7, 11) is 3.06. The summed E-state index contributed by atoms with van der Waals surface area (Å²) in [6, 6.07) is 33.5. The van der Waals surface area contributed by atoms with Crippen LogP contribution < -0.4 is 10.1 Å². The molecule has 5 rings (SSSR count). The van der Waals surface area contributed by atoms with Crippen LogP contribution in [0.15, 0.2) is 113 Å². The summed E-state index contributed by atoms with van der Waals surface area (Å²) in [5, 5.41) is 12.1. The number of aliphatic imine (C=N–C) groups is 1. The first kappa shape index (κ1) is 32.4. The Kier molecular flexibility index (Phi) is 11.0. The van der Waals surface area contributed by atoms with Gasteiger partial charge in [-0.25, -0.2) is 4.99 Å². The molecule has 1 amide bonds. The van der Waals surface area contributed by atoms with Gasteiger partial charge in [0.2, 0.25) is 5.90 Å². The number of nitrogens with one attached hydrogen (secondary N) is 1. The number of aliphatic hydroxyl groups is 1. The number of nitrogens with zero attached hydrogens (tertiary/aromatic N) is 1. The number of carbonyl (C=O) groups excluding carboxylic acids is 1. The van der Waals surface area contributed by atoms with Crippen LogP contribution in [-0.4, -0.2) is 62.7 Å². The number of methoxy groups -OCH3 is 2. The van der Waals surface area contributed by atoms with Crippen LogP contribution in [0.1, 0.15) is 29.2 Å². The van der Waals surface area contributed by atoms with Crippen LogP contribution >= 0.6 is 15.9 Å². The summed E-state index contributed by atoms with van der Waals surface area (Å²) in [6.07, 6.45) is -0.520. The molecule has 0 bridgehead atoms. The Hall–Kier alpha value is -4.02. The van der Waals surface area contributed by atoms with Gasteiger partial charge in [-0.15, -0.1) is 0 Å². The minimum Gasteiger partial charge on any atom is -0.494 e. The van der Waals surface area contributed by atoms with E-state index in [-0.39, 0.29) is 25.5 Å². The normalized spacial score (nSPS) is 17.5. The smallest absolute Gasteiger partial charge is 0.252 e. The third-order valence-electron chi connectivity index (χ3n) is 7.69. The number of ether oxygens (including phenoxy) is 4. The van der Waals surface area contributed by atoms with E-state index >= 15 is 0 Å². The average molecular weight is 674 g/mol. The monoisotopic (exact) mass is 672 g/mol. The van der Waals surface area contributed by atoms with E-state index in [2.05, 4.69) is 33.4 Å². The molecule has 0 spiro atoms. The van der Waals surface area contributed by atoms with Gasteiger partial charge in [0.15, 0.2) is 17.9 Å². The van der Waals surface area contributed by atoms with Crippen LogP contribution in [0.5, 0.6) is 5.75 Å². The number of halogens is 1. The van der Waals surface area contributed by atoms with Gasteiger partial charge in [-0.3, -0.25) is 4.79 Å². The fraction of sp³-hybridized carbons (Fsp3) is 0.278. The van der Waals surface area contributed by atoms with Crippen molar-refractivity contribution in [3.63, 3.8) is 0 Å². The molecule has 45 heavy (non-hydrogen) atoms. The van der Waals surface area contributed by atoms with Gasteiger partial charge in [-0.05, 0) is 58.7 Å². The molecule has 0 unspecified atom stereocenters. The molecule has 8 nitrogen and oxygen atoms in total. The summed E-state index contributed by atoms with van der Waals surface area (Å²) in [6.45, 7) is 0.613. The van der Waals surface area contributed by atoms with Crippen LogP contribution in [-0.2, 0) is 25.4 Å². The molecule has 0 saturated heterocycles. The lowest BCUT2D eigenvalue weighted by Crippen LogP contribution is -2.51. The number of carbonyl (C=O) groups is 1. The maximum absolute atomic E-state index is 14.4. The summed E-state index contributed by atoms with van der Waals surface area (Å²) in [4.78, 5) is 19.5. The highest BCUT2D eigenvalue weighted by Crippen LogP contribution is 2.43. The molecule has 1 heterocycles. The van der Waals surface area contributed by atoms with Crippen LogP contribution in [0.3, 0.4) is 0 Å². The first-order chi connectivity index (χ1) is 22.0. The number of hydrogen-bond donors (Lipinski definition) is 2. The second kappa shape index (κ2) is 15.3. The molecule has 0 aromatic heterocycles. The van der Waals surface area contributed by atoms with Crippen LogP contribution in [0.2, 0.25) is 0 Å². The van der Waals surface area contributed by atoms with Gasteiger partial charge in [-0.2, -0.15) is 0 Å². The lowest BCUT2D eigenvalue weighted by molar-refractivity contribution is -0.134. The lowest BCUT2D eigenvalue weighted by Gasteiger charge is -2.31. The highest BCUT2D eigenvalue weighted by molar-refractivity contribution is 9.10. The molecule has 0 aliphatic carbocycles. The van der Waals surface area contributed by atoms with Gasteiger partial charge in [0.25, 0.3) is 5.91 Å². The summed E-state index contributed by atoms with van der Waals surface area (Å²) >= 11 is 3.52. The molecule has 0 fully saturated rings. The van der Waals surface area contributed by atoms with Gasteiger partial charge in [0.05, 0.1) is 13.2 Å². The van der Waals surface area contributed by atoms with Crippen LogP contribution in [0, 0.1) is 0 Å². The van der Waals surface area contributed by atoms with E-state index in [1.807, 2.05) is 91.0 Å². The average Bonchev–Trinajstić information content (AvgIpc) is 3.47. The number of benzene rings is 4. The second-order valence-electron chi connectivity index (χ2n) is 10.7. The van der Waals surface area contributed by atoms with E-state index in [0.717, 1.165) is 26.7 Å². The third-order valence-corrected chi connectivity index (χ3v) is 8.22. The van der Waals surface area contributed by atoms with E-state index in [1.54, 1.807) is 0 Å². The third kappa shape index (κ3) is 7.80. The van der Waals surface area contributed by atoms with Crippen molar-refractivity contribution in [3.05, 3.63) is 124 Å². The van der Waals surface area contributed by atoms with Crippen molar-refractivity contribution in [3.8, 4) is 16.9 Å². The van der Waals surface area contributed by atoms with Crippen molar-refractivity contribution in [2.45, 2.75) is 30.8 Å². The Bertz CT molecular complexity index is 1560. The lowest BCUT2D eigenvalue weighted by atomic mass is 9.81. The van der Waals surface area contributed by atoms with Crippen molar-refractivity contribution in [1.29, 1.82) is 0 Å². The zero-order valence-electron chi connectivity index (χ0n) is 25.3. The number of rotatable bonds is 14. The highest BCUT2D eigenvalue weighted by Gasteiger charge is 2.53. The van der Waals surface area contributed by atoms with Crippen molar-refractivity contribution in [1.82, 2.24) is 5.32 Å². The molecular weight excluding hydrogens is 636 g/mol. The van der Waals surface area contributed by atoms with Gasteiger partial charge in [0.1, 0.15) is 5.75 Å². The highest BCUT2D eigenvalue weighted by atomic mass is 79.9. The van der Waals surface area contributed by atoms with Crippen molar-refractivity contribution in [2.75, 3.05) is 34.0 Å². The summed E-state index contributed by atoms with van der Waals surface area (Å²) in [5.41, 5.74) is 3.27. The van der Waals surface area contributed by atoms with E-state index in [0.29, 0.717) is 30.2 Å². The molecule has 234 valence electrons. The van der Waals surface area contributed by atoms with E-state index in [9.17, 15) is 4.79 Å². The Balaban J connectivity index is 1.56. The molecule has 9 heteroatoms. The molecular formula is C36H37BrN2O6. The van der Waals surface area contributed by atoms with Crippen molar-refractivity contribution in [2.24, 2.45) is 4.99 Å². The minimum atomic E-state index is -1.35. The number of amides is 1. The van der Waals surface area contributed by atoms with Gasteiger partial charge in [-0.1, -0.05) is 82.7 Å². The molecule has 2 atom stereocenters. The van der Waals surface area contributed by atoms with E-state index in [1.165, 1.54) is 14.2 Å². The molecule has 0 radical (unpaired) electrons. The fourth-order valence-corrected chi connectivity index (χ4v) is 5.53. The maximum Gasteiger partial charge on any atom is 0.252 e. The first-order valence-electron chi connectivity index (χ1n) is 14.8. The van der Waals surface area contributed by atoms with E-state index in [4.69, 9.17) is 29.0 Å². The molecule has 1 aliphatic heterocycles. The quantitative estimate of drug-likeness (QED) is 0.124. The zero-order valence-corrected chi connectivity index (χ0v) is 26.9.